The number of aromatic nitrogens is 5. The lowest BCUT2D eigenvalue weighted by Crippen LogP contribution is -2.44. The zero-order valence-electron chi connectivity index (χ0n) is 12.4. The lowest BCUT2D eigenvalue weighted by Gasteiger charge is -2.12. The highest BCUT2D eigenvalue weighted by molar-refractivity contribution is 5.51. The highest BCUT2D eigenvalue weighted by atomic mass is 15.4. The molecule has 0 radical (unpaired) electrons. The van der Waals surface area contributed by atoms with Gasteiger partial charge < -0.3 is 0 Å². The minimum Gasteiger partial charge on any atom is -0.159 e. The molecule has 21 heavy (non-hydrogen) atoms. The second-order valence-electron chi connectivity index (χ2n) is 5.70. The van der Waals surface area contributed by atoms with Gasteiger partial charge in [0.05, 0.1) is 29.5 Å². The summed E-state index contributed by atoms with van der Waals surface area (Å²) in [5.74, 6) is 0. The van der Waals surface area contributed by atoms with Crippen molar-refractivity contribution in [2.45, 2.75) is 45.7 Å². The van der Waals surface area contributed by atoms with E-state index in [9.17, 15) is 0 Å². The summed E-state index contributed by atoms with van der Waals surface area (Å²) in [5.41, 5.74) is 5.33. The van der Waals surface area contributed by atoms with Crippen molar-refractivity contribution in [1.29, 1.82) is 0 Å². The maximum Gasteiger partial charge on any atom is 0.201 e. The zero-order chi connectivity index (χ0) is 14.2. The van der Waals surface area contributed by atoms with Crippen molar-refractivity contribution in [2.75, 3.05) is 0 Å². The maximum atomic E-state index is 4.34. The van der Waals surface area contributed by atoms with Crippen LogP contribution in [0.4, 0.5) is 0 Å². The van der Waals surface area contributed by atoms with Gasteiger partial charge in [-0.25, -0.2) is 0 Å². The topological polar surface area (TPSA) is 39.0 Å². The Kier molecular flexibility index (Phi) is 2.98. The molecule has 3 aromatic rings. The molecule has 1 aliphatic rings. The standard InChI is InChI=1S/C16H20N5/c1-2-13-11-19(20-9-4-3-6-15(13)20)12-14-10-18-21-16(14)7-5-8-17-21/h5,7-8,10-11H,2-4,6,9,12H2,1H3/q+1. The Morgan fingerprint density at radius 1 is 1.24 bits per heavy atom. The summed E-state index contributed by atoms with van der Waals surface area (Å²) < 4.78 is 6.52. The number of fused-ring (bicyclic) bond motifs is 2. The van der Waals surface area contributed by atoms with Gasteiger partial charge in [0.2, 0.25) is 6.54 Å². The number of hydrogen-bond acceptors (Lipinski definition) is 2. The Balaban J connectivity index is 1.76. The maximum absolute atomic E-state index is 4.34. The van der Waals surface area contributed by atoms with Gasteiger partial charge in [-0.3, -0.25) is 0 Å². The highest BCUT2D eigenvalue weighted by Crippen LogP contribution is 2.18. The van der Waals surface area contributed by atoms with E-state index in [4.69, 9.17) is 0 Å². The summed E-state index contributed by atoms with van der Waals surface area (Å²) in [4.78, 5) is 0. The van der Waals surface area contributed by atoms with Gasteiger partial charge in [-0.2, -0.15) is 19.5 Å². The first-order valence-electron chi connectivity index (χ1n) is 7.75. The molecule has 4 rings (SSSR count). The molecule has 0 N–H and O–H groups in total. The van der Waals surface area contributed by atoms with Crippen LogP contribution in [0.1, 0.15) is 36.6 Å². The van der Waals surface area contributed by atoms with Crippen LogP contribution >= 0.6 is 0 Å². The molecule has 0 bridgehead atoms. The van der Waals surface area contributed by atoms with Crippen LogP contribution in [0.3, 0.4) is 0 Å². The molecule has 0 saturated heterocycles. The van der Waals surface area contributed by atoms with Crippen LogP contribution in [0.5, 0.6) is 0 Å². The van der Waals surface area contributed by atoms with Gasteiger partial charge >= 0.3 is 0 Å². The normalized spacial score (nSPS) is 14.5. The summed E-state index contributed by atoms with van der Waals surface area (Å²) >= 11 is 0. The molecule has 1 aliphatic heterocycles. The third kappa shape index (κ3) is 2.04. The lowest BCUT2D eigenvalue weighted by atomic mass is 10.1. The van der Waals surface area contributed by atoms with Crippen molar-refractivity contribution in [2.24, 2.45) is 0 Å². The average Bonchev–Trinajstić information content (AvgIpc) is 3.10. The molecule has 0 aromatic carbocycles. The van der Waals surface area contributed by atoms with E-state index >= 15 is 0 Å². The molecule has 0 atom stereocenters. The summed E-state index contributed by atoms with van der Waals surface area (Å²) in [7, 11) is 0. The van der Waals surface area contributed by atoms with Gasteiger partial charge in [-0.05, 0) is 37.8 Å². The van der Waals surface area contributed by atoms with Gasteiger partial charge in [-0.15, -0.1) is 4.68 Å². The first-order chi connectivity index (χ1) is 10.4. The summed E-state index contributed by atoms with van der Waals surface area (Å²) in [5, 5.41) is 8.58. The zero-order valence-corrected chi connectivity index (χ0v) is 12.4. The fourth-order valence-corrected chi connectivity index (χ4v) is 3.36. The van der Waals surface area contributed by atoms with Gasteiger partial charge in [0, 0.05) is 11.8 Å². The van der Waals surface area contributed by atoms with Crippen LogP contribution in [-0.2, 0) is 25.9 Å². The van der Waals surface area contributed by atoms with Gasteiger partial charge in [0.25, 0.3) is 0 Å². The van der Waals surface area contributed by atoms with Crippen LogP contribution in [0, 0.1) is 0 Å². The third-order valence-corrected chi connectivity index (χ3v) is 4.43. The number of nitrogens with zero attached hydrogens (tertiary/aromatic N) is 5. The van der Waals surface area contributed by atoms with Crippen molar-refractivity contribution >= 4 is 5.52 Å². The Morgan fingerprint density at radius 2 is 2.19 bits per heavy atom. The Bertz CT molecular complexity index is 783. The fourth-order valence-electron chi connectivity index (χ4n) is 3.36. The van der Waals surface area contributed by atoms with E-state index in [2.05, 4.69) is 38.7 Å². The SMILES string of the molecule is CCc1c[n+](Cc2cnn3ncccc23)n2c1CCCC2. The Labute approximate surface area is 123 Å². The number of aryl methyl sites for hydroxylation is 1. The van der Waals surface area contributed by atoms with Crippen LogP contribution < -0.4 is 4.68 Å². The molecule has 5 nitrogen and oxygen atoms in total. The van der Waals surface area contributed by atoms with Crippen molar-refractivity contribution in [3.63, 3.8) is 0 Å². The monoisotopic (exact) mass is 282 g/mol. The fraction of sp³-hybridized carbons (Fsp3) is 0.438. The van der Waals surface area contributed by atoms with Crippen molar-refractivity contribution in [1.82, 2.24) is 19.5 Å². The molecule has 0 spiro atoms. The van der Waals surface area contributed by atoms with Crippen molar-refractivity contribution in [3.05, 3.63) is 47.5 Å². The minimum atomic E-state index is 0.863. The molecule has 0 fully saturated rings. The molecular formula is C16H20N5+. The van der Waals surface area contributed by atoms with E-state index in [1.54, 1.807) is 10.8 Å². The van der Waals surface area contributed by atoms with Crippen LogP contribution in [0.25, 0.3) is 5.52 Å². The molecule has 0 amide bonds. The van der Waals surface area contributed by atoms with Crippen molar-refractivity contribution in [3.8, 4) is 0 Å². The first kappa shape index (κ1) is 12.6. The molecular weight excluding hydrogens is 262 g/mol. The molecule has 5 heteroatoms. The molecule has 0 unspecified atom stereocenters. The summed E-state index contributed by atoms with van der Waals surface area (Å²) in [6, 6.07) is 4.05. The summed E-state index contributed by atoms with van der Waals surface area (Å²) in [6.45, 7) is 4.24. The van der Waals surface area contributed by atoms with Crippen molar-refractivity contribution < 1.29 is 4.68 Å². The van der Waals surface area contributed by atoms with E-state index in [0.29, 0.717) is 0 Å². The average molecular weight is 282 g/mol. The lowest BCUT2D eigenvalue weighted by molar-refractivity contribution is -0.769. The number of rotatable bonds is 3. The quantitative estimate of drug-likeness (QED) is 0.687. The van der Waals surface area contributed by atoms with E-state index in [1.807, 2.05) is 12.3 Å². The van der Waals surface area contributed by atoms with E-state index < -0.39 is 0 Å². The number of hydrogen-bond donors (Lipinski definition) is 0. The van der Waals surface area contributed by atoms with Crippen LogP contribution in [-0.4, -0.2) is 19.5 Å². The predicted octanol–water partition coefficient (Wildman–Crippen LogP) is 1.77. The molecule has 3 aromatic heterocycles. The highest BCUT2D eigenvalue weighted by Gasteiger charge is 2.24. The first-order valence-corrected chi connectivity index (χ1v) is 7.75. The van der Waals surface area contributed by atoms with E-state index in [-0.39, 0.29) is 0 Å². The smallest absolute Gasteiger partial charge is 0.159 e. The third-order valence-electron chi connectivity index (χ3n) is 4.43. The van der Waals surface area contributed by atoms with Gasteiger partial charge in [0.1, 0.15) is 0 Å². The van der Waals surface area contributed by atoms with Crippen LogP contribution in [0.2, 0.25) is 0 Å². The molecule has 4 heterocycles. The van der Waals surface area contributed by atoms with E-state index in [1.165, 1.54) is 36.1 Å². The molecule has 108 valence electrons. The van der Waals surface area contributed by atoms with Crippen LogP contribution in [0.15, 0.2) is 30.7 Å². The molecule has 0 aliphatic carbocycles. The molecule has 0 saturated carbocycles. The summed E-state index contributed by atoms with van der Waals surface area (Å²) in [6.07, 6.45) is 10.9. The Morgan fingerprint density at radius 3 is 3.10 bits per heavy atom. The minimum absolute atomic E-state index is 0.863. The largest absolute Gasteiger partial charge is 0.201 e. The second kappa shape index (κ2) is 4.98. The Hall–Kier alpha value is -2.17. The van der Waals surface area contributed by atoms with Gasteiger partial charge in [0.15, 0.2) is 6.20 Å². The second-order valence-corrected chi connectivity index (χ2v) is 5.70. The predicted molar refractivity (Wildman–Crippen MR) is 79.0 cm³/mol. The van der Waals surface area contributed by atoms with Gasteiger partial charge in [-0.1, -0.05) is 6.92 Å². The van der Waals surface area contributed by atoms with E-state index in [0.717, 1.165) is 25.0 Å².